The van der Waals surface area contributed by atoms with Gasteiger partial charge in [-0.05, 0) is 19.4 Å². The van der Waals surface area contributed by atoms with Gasteiger partial charge in [-0.2, -0.15) is 0 Å². The van der Waals surface area contributed by atoms with Gasteiger partial charge in [0.05, 0.1) is 34.0 Å². The quantitative estimate of drug-likeness (QED) is 0.305. The molecule has 0 aromatic carbocycles. The van der Waals surface area contributed by atoms with E-state index in [-0.39, 0.29) is 0 Å². The third-order valence-electron chi connectivity index (χ3n) is 1.91. The molecule has 108 valence electrons. The first-order chi connectivity index (χ1) is 7.99. The molecule has 0 bridgehead atoms. The number of hydrogen-bond acceptors (Lipinski definition) is 3. The summed E-state index contributed by atoms with van der Waals surface area (Å²) in [5, 5.41) is 0. The van der Waals surface area contributed by atoms with Crippen molar-refractivity contribution in [3.05, 3.63) is 11.8 Å². The van der Waals surface area contributed by atoms with Crippen LogP contribution in [0.2, 0.25) is 0 Å². The first-order valence-electron chi connectivity index (χ1n) is 5.79. The molecule has 0 spiro atoms. The highest BCUT2D eigenvalue weighted by Gasteiger charge is 2.26. The van der Waals surface area contributed by atoms with E-state index in [1.165, 1.54) is 0 Å². The summed E-state index contributed by atoms with van der Waals surface area (Å²) in [5.41, 5.74) is 1.04. The van der Waals surface area contributed by atoms with Gasteiger partial charge in [-0.3, -0.25) is 4.52 Å². The van der Waals surface area contributed by atoms with Crippen LogP contribution in [0.1, 0.15) is 20.3 Å². The smallest absolute Gasteiger partial charge is 0.470 e. The Hall–Kier alpha value is -0.390. The van der Waals surface area contributed by atoms with E-state index in [0.29, 0.717) is 24.1 Å². The van der Waals surface area contributed by atoms with Gasteiger partial charge in [-0.25, -0.2) is 4.57 Å². The summed E-state index contributed by atoms with van der Waals surface area (Å²) in [4.78, 5) is 17.7. The molecule has 6 nitrogen and oxygen atoms in total. The fourth-order valence-electron chi connectivity index (χ4n) is 1.41. The van der Waals surface area contributed by atoms with Gasteiger partial charge in [0.15, 0.2) is 0 Å². The second kappa shape index (κ2) is 7.26. The van der Waals surface area contributed by atoms with Crippen LogP contribution in [0.15, 0.2) is 11.8 Å². The second-order valence-corrected chi connectivity index (χ2v) is 6.74. The molecule has 7 heteroatoms. The lowest BCUT2D eigenvalue weighted by atomic mass is 10.2. The molecule has 0 radical (unpaired) electrons. The molecular weight excluding hydrogens is 257 g/mol. The third-order valence-corrected chi connectivity index (χ3v) is 2.49. The number of quaternary nitrogens is 1. The van der Waals surface area contributed by atoms with Gasteiger partial charge in [-0.15, -0.1) is 0 Å². The molecule has 0 aliphatic heterocycles. The Balaban J connectivity index is 4.31. The fourth-order valence-corrected chi connectivity index (χ4v) is 1.97. The molecular formula is C11H25NO5P+. The molecule has 0 fully saturated rings. The zero-order valence-electron chi connectivity index (χ0n) is 11.8. The summed E-state index contributed by atoms with van der Waals surface area (Å²) in [6.45, 7) is 4.70. The van der Waals surface area contributed by atoms with Crippen LogP contribution in [0.3, 0.4) is 0 Å². The average Bonchev–Trinajstić information content (AvgIpc) is 2.06. The van der Waals surface area contributed by atoms with Crippen molar-refractivity contribution in [2.45, 2.75) is 26.4 Å². The monoisotopic (exact) mass is 282 g/mol. The number of nitrogens with zero attached hydrogens (tertiary/aromatic N) is 1. The van der Waals surface area contributed by atoms with Gasteiger partial charge in [-0.1, -0.05) is 0 Å². The molecule has 18 heavy (non-hydrogen) atoms. The Labute approximate surface area is 109 Å². The Morgan fingerprint density at radius 1 is 1.33 bits per heavy atom. The average molecular weight is 282 g/mol. The van der Waals surface area contributed by atoms with Gasteiger partial charge >= 0.3 is 7.82 Å². The predicted octanol–water partition coefficient (Wildman–Crippen LogP) is 1.50. The largest absolute Gasteiger partial charge is 0.501 e. The zero-order chi connectivity index (χ0) is 14.4. The first-order valence-corrected chi connectivity index (χ1v) is 7.32. The lowest BCUT2D eigenvalue weighted by Crippen LogP contribution is -2.42. The third kappa shape index (κ3) is 12.1. The van der Waals surface area contributed by atoms with Gasteiger partial charge in [0.25, 0.3) is 0 Å². The van der Waals surface area contributed by atoms with E-state index in [0.717, 1.165) is 5.57 Å². The van der Waals surface area contributed by atoms with Crippen LogP contribution in [0.5, 0.6) is 0 Å². The Bertz CT molecular complexity index is 314. The summed E-state index contributed by atoms with van der Waals surface area (Å²) >= 11 is 0. The van der Waals surface area contributed by atoms with Crippen molar-refractivity contribution in [3.8, 4) is 0 Å². The molecule has 1 unspecified atom stereocenters. The standard InChI is InChI=1S/C11H24NO5P/c1-10(2)9-16-7-6-11(8-12(3,4)5)17-18(13,14)15/h9,11H,6-8H2,1-5H3,(H-,13,14,15)/p+1. The van der Waals surface area contributed by atoms with Gasteiger partial charge < -0.3 is 19.0 Å². The van der Waals surface area contributed by atoms with E-state index in [1.54, 1.807) is 6.26 Å². The number of ether oxygens (including phenoxy) is 1. The van der Waals surface area contributed by atoms with Gasteiger partial charge in [0, 0.05) is 6.42 Å². The molecule has 0 aliphatic rings. The van der Waals surface area contributed by atoms with Crippen LogP contribution in [0, 0.1) is 0 Å². The molecule has 2 N–H and O–H groups in total. The molecule has 1 atom stereocenters. The SMILES string of the molecule is CC(C)=COCCC(C[N+](C)(C)C)OP(=O)(O)O. The maximum Gasteiger partial charge on any atom is 0.470 e. The minimum atomic E-state index is -4.46. The zero-order valence-corrected chi connectivity index (χ0v) is 12.7. The maximum absolute atomic E-state index is 10.9. The number of allylic oxidation sites excluding steroid dienone is 1. The highest BCUT2D eigenvalue weighted by atomic mass is 31.2. The van der Waals surface area contributed by atoms with E-state index in [2.05, 4.69) is 0 Å². The maximum atomic E-state index is 10.9. The molecule has 0 rings (SSSR count). The summed E-state index contributed by atoms with van der Waals surface area (Å²) < 4.78 is 21.5. The van der Waals surface area contributed by atoms with Crippen LogP contribution < -0.4 is 0 Å². The lowest BCUT2D eigenvalue weighted by Gasteiger charge is -2.29. The van der Waals surface area contributed by atoms with Crippen molar-refractivity contribution in [1.82, 2.24) is 0 Å². The van der Waals surface area contributed by atoms with E-state index < -0.39 is 13.9 Å². The number of likely N-dealkylation sites (N-methyl/N-ethyl adjacent to an activating group) is 1. The minimum absolute atomic E-state index is 0.371. The van der Waals surface area contributed by atoms with Crippen LogP contribution in [0.4, 0.5) is 0 Å². The van der Waals surface area contributed by atoms with E-state index in [4.69, 9.17) is 19.0 Å². The van der Waals surface area contributed by atoms with Gasteiger partial charge in [0.2, 0.25) is 0 Å². The topological polar surface area (TPSA) is 76.0 Å². The Morgan fingerprint density at radius 2 is 1.89 bits per heavy atom. The molecule has 0 aliphatic carbocycles. The number of rotatable bonds is 8. The predicted molar refractivity (Wildman–Crippen MR) is 69.8 cm³/mol. The molecule has 0 aromatic heterocycles. The van der Waals surface area contributed by atoms with E-state index in [9.17, 15) is 4.57 Å². The number of phosphoric acid groups is 1. The van der Waals surface area contributed by atoms with E-state index >= 15 is 0 Å². The van der Waals surface area contributed by atoms with Crippen molar-refractivity contribution in [2.75, 3.05) is 34.3 Å². The Kier molecular flexibility index (Phi) is 7.10. The lowest BCUT2D eigenvalue weighted by molar-refractivity contribution is -0.873. The van der Waals surface area contributed by atoms with Crippen LogP contribution in [-0.4, -0.2) is 54.7 Å². The summed E-state index contributed by atoms with van der Waals surface area (Å²) in [7, 11) is 1.36. The Morgan fingerprint density at radius 3 is 2.28 bits per heavy atom. The molecule has 0 amide bonds. The number of phosphoric ester groups is 1. The van der Waals surface area contributed by atoms with Crippen molar-refractivity contribution in [3.63, 3.8) is 0 Å². The normalized spacial score (nSPS) is 14.2. The minimum Gasteiger partial charge on any atom is -0.501 e. The molecule has 0 heterocycles. The van der Waals surface area contributed by atoms with Crippen LogP contribution in [0.25, 0.3) is 0 Å². The van der Waals surface area contributed by atoms with E-state index in [1.807, 2.05) is 35.0 Å². The highest BCUT2D eigenvalue weighted by Crippen LogP contribution is 2.38. The van der Waals surface area contributed by atoms with Crippen LogP contribution in [-0.2, 0) is 13.8 Å². The molecule has 0 saturated carbocycles. The molecule has 0 aromatic rings. The summed E-state index contributed by atoms with van der Waals surface area (Å²) in [6.07, 6.45) is 1.53. The van der Waals surface area contributed by atoms with Crippen molar-refractivity contribution >= 4 is 7.82 Å². The van der Waals surface area contributed by atoms with Gasteiger partial charge in [0.1, 0.15) is 12.6 Å². The van der Waals surface area contributed by atoms with Crippen molar-refractivity contribution < 1.29 is 28.1 Å². The molecule has 0 saturated heterocycles. The highest BCUT2D eigenvalue weighted by molar-refractivity contribution is 7.46. The fraction of sp³-hybridized carbons (Fsp3) is 0.818. The summed E-state index contributed by atoms with van der Waals surface area (Å²) in [5.74, 6) is 0. The first kappa shape index (κ1) is 17.6. The van der Waals surface area contributed by atoms with Crippen molar-refractivity contribution in [2.24, 2.45) is 0 Å². The van der Waals surface area contributed by atoms with Crippen LogP contribution >= 0.6 is 7.82 Å². The second-order valence-electron chi connectivity index (χ2n) is 5.55. The summed E-state index contributed by atoms with van der Waals surface area (Å²) in [6, 6.07) is 0. The number of hydrogen-bond donors (Lipinski definition) is 2. The van der Waals surface area contributed by atoms with Crippen molar-refractivity contribution in [1.29, 1.82) is 0 Å².